The maximum absolute atomic E-state index is 13.4. The Balaban J connectivity index is 2.23. The molecule has 2 unspecified atom stereocenters. The van der Waals surface area contributed by atoms with Crippen LogP contribution in [0.1, 0.15) is 30.5 Å². The normalized spacial score (nSPS) is 15.9. The van der Waals surface area contributed by atoms with E-state index in [0.29, 0.717) is 10.6 Å². The summed E-state index contributed by atoms with van der Waals surface area (Å²) in [5.74, 6) is -0.484. The Morgan fingerprint density at radius 2 is 1.78 bits per heavy atom. The zero-order chi connectivity index (χ0) is 17.1. The van der Waals surface area contributed by atoms with Crippen molar-refractivity contribution in [2.45, 2.75) is 37.5 Å². The Labute approximate surface area is 137 Å². The Hall–Kier alpha value is -1.59. The van der Waals surface area contributed by atoms with Crippen molar-refractivity contribution >= 4 is 11.6 Å². The van der Waals surface area contributed by atoms with Crippen molar-refractivity contribution in [3.63, 3.8) is 0 Å². The van der Waals surface area contributed by atoms with Crippen LogP contribution < -0.4 is 0 Å². The molecule has 124 valence electrons. The summed E-state index contributed by atoms with van der Waals surface area (Å²) in [5.41, 5.74) is -1.94. The summed E-state index contributed by atoms with van der Waals surface area (Å²) in [5, 5.41) is 10.8. The summed E-state index contributed by atoms with van der Waals surface area (Å²) in [6, 6.07) is 11.3. The molecule has 6 heteroatoms. The maximum Gasteiger partial charge on any atom is 0.417 e. The molecule has 0 bridgehead atoms. The van der Waals surface area contributed by atoms with Crippen molar-refractivity contribution in [1.82, 2.24) is 4.98 Å². The largest absolute Gasteiger partial charge is 0.417 e. The molecule has 1 aromatic carbocycles. The molecule has 1 N–H and O–H groups in total. The van der Waals surface area contributed by atoms with Gasteiger partial charge in [0.05, 0.1) is 0 Å². The van der Waals surface area contributed by atoms with Crippen LogP contribution in [0.25, 0.3) is 0 Å². The number of aliphatic hydroxyl groups is 1. The van der Waals surface area contributed by atoms with Crippen LogP contribution in [0, 0.1) is 0 Å². The van der Waals surface area contributed by atoms with Gasteiger partial charge in [-0.1, -0.05) is 36.7 Å². The van der Waals surface area contributed by atoms with Crippen molar-refractivity contribution in [2.75, 3.05) is 0 Å². The van der Waals surface area contributed by atoms with Crippen LogP contribution in [0.3, 0.4) is 0 Å². The van der Waals surface area contributed by atoms with Gasteiger partial charge in [-0.15, -0.1) is 0 Å². The van der Waals surface area contributed by atoms with Gasteiger partial charge in [0.15, 0.2) is 5.60 Å². The molecule has 2 rings (SSSR count). The third kappa shape index (κ3) is 4.45. The number of rotatable bonds is 5. The third-order valence-corrected chi connectivity index (χ3v) is 4.06. The maximum atomic E-state index is 13.4. The molecule has 0 amide bonds. The molecule has 0 radical (unpaired) electrons. The zero-order valence-electron chi connectivity index (χ0n) is 12.5. The molecule has 0 saturated heterocycles. The highest BCUT2D eigenvalue weighted by Crippen LogP contribution is 2.40. The highest BCUT2D eigenvalue weighted by atomic mass is 35.5. The van der Waals surface area contributed by atoms with Crippen molar-refractivity contribution in [1.29, 1.82) is 0 Å². The predicted octanol–water partition coefficient (Wildman–Crippen LogP) is 4.76. The minimum Gasteiger partial charge on any atom is -0.380 e. The molecule has 2 atom stereocenters. The minimum atomic E-state index is -4.74. The first-order valence-electron chi connectivity index (χ1n) is 7.16. The van der Waals surface area contributed by atoms with E-state index in [1.54, 1.807) is 43.3 Å². The van der Waals surface area contributed by atoms with Gasteiger partial charge in [0.1, 0.15) is 0 Å². The second kappa shape index (κ2) is 6.89. The lowest BCUT2D eigenvalue weighted by Crippen LogP contribution is -2.48. The SMILES string of the molecule is CC(CC(O)(Cc1ccccn1)C(F)(F)F)c1ccc(Cl)cc1. The molecule has 1 heterocycles. The summed E-state index contributed by atoms with van der Waals surface area (Å²) < 4.78 is 40.3. The number of nitrogens with zero attached hydrogens (tertiary/aromatic N) is 1. The third-order valence-electron chi connectivity index (χ3n) is 3.81. The quantitative estimate of drug-likeness (QED) is 0.848. The Bertz CT molecular complexity index is 631. The number of hydrogen-bond donors (Lipinski definition) is 1. The van der Waals surface area contributed by atoms with Crippen LogP contribution in [0.15, 0.2) is 48.7 Å². The van der Waals surface area contributed by atoms with E-state index in [2.05, 4.69) is 4.98 Å². The molecule has 0 spiro atoms. The van der Waals surface area contributed by atoms with Crippen LogP contribution in [0.5, 0.6) is 0 Å². The molecule has 0 saturated carbocycles. The number of benzene rings is 1. The van der Waals surface area contributed by atoms with E-state index in [0.717, 1.165) is 0 Å². The molecular formula is C17H17ClF3NO. The van der Waals surface area contributed by atoms with Crippen LogP contribution >= 0.6 is 11.6 Å². The number of pyridine rings is 1. The molecule has 0 aliphatic rings. The highest BCUT2D eigenvalue weighted by molar-refractivity contribution is 6.30. The van der Waals surface area contributed by atoms with Crippen LogP contribution in [0.2, 0.25) is 5.02 Å². The van der Waals surface area contributed by atoms with E-state index in [1.807, 2.05) is 0 Å². The minimum absolute atomic E-state index is 0.204. The predicted molar refractivity (Wildman–Crippen MR) is 83.4 cm³/mol. The summed E-state index contributed by atoms with van der Waals surface area (Å²) in [4.78, 5) is 3.89. The molecule has 23 heavy (non-hydrogen) atoms. The van der Waals surface area contributed by atoms with Crippen LogP contribution in [-0.4, -0.2) is 21.9 Å². The Kier molecular flexibility index (Phi) is 5.32. The van der Waals surface area contributed by atoms with E-state index in [1.165, 1.54) is 12.3 Å². The van der Waals surface area contributed by atoms with Crippen molar-refractivity contribution in [3.05, 3.63) is 64.9 Å². The van der Waals surface area contributed by atoms with E-state index >= 15 is 0 Å². The molecular weight excluding hydrogens is 327 g/mol. The summed E-state index contributed by atoms with van der Waals surface area (Å²) in [7, 11) is 0. The summed E-state index contributed by atoms with van der Waals surface area (Å²) >= 11 is 5.79. The molecule has 0 aliphatic carbocycles. The Morgan fingerprint density at radius 1 is 1.13 bits per heavy atom. The van der Waals surface area contributed by atoms with Gasteiger partial charge in [-0.2, -0.15) is 13.2 Å². The van der Waals surface area contributed by atoms with Crippen LogP contribution in [-0.2, 0) is 6.42 Å². The van der Waals surface area contributed by atoms with Gasteiger partial charge in [-0.05, 0) is 42.2 Å². The molecule has 0 fully saturated rings. The first-order valence-corrected chi connectivity index (χ1v) is 7.53. The van der Waals surface area contributed by atoms with Gasteiger partial charge in [0.25, 0.3) is 0 Å². The van der Waals surface area contributed by atoms with Crippen molar-refractivity contribution in [3.8, 4) is 0 Å². The summed E-state index contributed by atoms with van der Waals surface area (Å²) in [6.07, 6.45) is -4.36. The molecule has 1 aromatic heterocycles. The van der Waals surface area contributed by atoms with Crippen LogP contribution in [0.4, 0.5) is 13.2 Å². The average Bonchev–Trinajstić information content (AvgIpc) is 2.47. The van der Waals surface area contributed by atoms with Crippen molar-refractivity contribution in [2.24, 2.45) is 0 Å². The van der Waals surface area contributed by atoms with E-state index in [-0.39, 0.29) is 5.69 Å². The summed E-state index contributed by atoms with van der Waals surface area (Å²) in [6.45, 7) is 1.65. The van der Waals surface area contributed by atoms with Gasteiger partial charge in [0.2, 0.25) is 0 Å². The Morgan fingerprint density at radius 3 is 2.30 bits per heavy atom. The fourth-order valence-electron chi connectivity index (χ4n) is 2.51. The fourth-order valence-corrected chi connectivity index (χ4v) is 2.63. The number of alkyl halides is 3. The van der Waals surface area contributed by atoms with Gasteiger partial charge < -0.3 is 5.11 Å². The molecule has 0 aliphatic heterocycles. The van der Waals surface area contributed by atoms with E-state index in [4.69, 9.17) is 11.6 Å². The molecule has 2 nitrogen and oxygen atoms in total. The number of hydrogen-bond acceptors (Lipinski definition) is 2. The van der Waals surface area contributed by atoms with Gasteiger partial charge in [-0.25, -0.2) is 0 Å². The second-order valence-corrected chi connectivity index (χ2v) is 6.12. The van der Waals surface area contributed by atoms with Gasteiger partial charge >= 0.3 is 6.18 Å². The van der Waals surface area contributed by atoms with E-state index in [9.17, 15) is 18.3 Å². The smallest absolute Gasteiger partial charge is 0.380 e. The lowest BCUT2D eigenvalue weighted by molar-refractivity contribution is -0.263. The first kappa shape index (κ1) is 17.8. The lowest BCUT2D eigenvalue weighted by atomic mass is 9.83. The van der Waals surface area contributed by atoms with Gasteiger partial charge in [-0.3, -0.25) is 4.98 Å². The topological polar surface area (TPSA) is 33.1 Å². The number of halogens is 4. The molecule has 2 aromatic rings. The second-order valence-electron chi connectivity index (χ2n) is 5.68. The van der Waals surface area contributed by atoms with Gasteiger partial charge in [0, 0.05) is 23.3 Å². The lowest BCUT2D eigenvalue weighted by Gasteiger charge is -2.33. The van der Waals surface area contributed by atoms with Crippen molar-refractivity contribution < 1.29 is 18.3 Å². The highest BCUT2D eigenvalue weighted by Gasteiger charge is 2.54. The monoisotopic (exact) mass is 343 g/mol. The standard InChI is InChI=1S/C17H17ClF3NO/c1-12(13-5-7-14(18)8-6-13)10-16(23,17(19,20)21)11-15-4-2-3-9-22-15/h2-9,12,23H,10-11H2,1H3. The number of aromatic nitrogens is 1. The fraction of sp³-hybridized carbons (Fsp3) is 0.353. The average molecular weight is 344 g/mol. The first-order chi connectivity index (χ1) is 10.7. The van der Waals surface area contributed by atoms with E-state index < -0.39 is 30.5 Å². The zero-order valence-corrected chi connectivity index (χ0v) is 13.3.